The smallest absolute Gasteiger partial charge is 0.247 e. The Hall–Kier alpha value is -1.72. The van der Waals surface area contributed by atoms with Crippen LogP contribution in [0.4, 0.5) is 0 Å². The number of hydrogen-bond acceptors (Lipinski definition) is 5. The Morgan fingerprint density at radius 3 is 2.57 bits per heavy atom. The van der Waals surface area contributed by atoms with Crippen molar-refractivity contribution in [3.8, 4) is 11.5 Å². The molecule has 1 heterocycles. The van der Waals surface area contributed by atoms with Crippen LogP contribution in [-0.2, 0) is 6.54 Å². The van der Waals surface area contributed by atoms with Gasteiger partial charge in [0.15, 0.2) is 0 Å². The largest absolute Gasteiger partial charge is 0.419 e. The molecule has 0 spiro atoms. The molecule has 0 aliphatic carbocycles. The summed E-state index contributed by atoms with van der Waals surface area (Å²) in [5.41, 5.74) is 7.01. The van der Waals surface area contributed by atoms with Crippen molar-refractivity contribution >= 4 is 0 Å². The molecule has 1 unspecified atom stereocenters. The van der Waals surface area contributed by atoms with Gasteiger partial charge >= 0.3 is 0 Å². The summed E-state index contributed by atoms with van der Waals surface area (Å²) in [7, 11) is 2.04. The van der Waals surface area contributed by atoms with Crippen molar-refractivity contribution in [2.24, 2.45) is 11.7 Å². The van der Waals surface area contributed by atoms with Crippen LogP contribution < -0.4 is 5.73 Å². The zero-order valence-electron chi connectivity index (χ0n) is 13.0. The SMILES string of the molecule is CC(C)C(N)CCN(C)Cc1nnc(-c2ccccc2)o1. The van der Waals surface area contributed by atoms with Crippen molar-refractivity contribution < 1.29 is 4.42 Å². The van der Waals surface area contributed by atoms with E-state index < -0.39 is 0 Å². The maximum Gasteiger partial charge on any atom is 0.247 e. The van der Waals surface area contributed by atoms with Gasteiger partial charge in [-0.25, -0.2) is 0 Å². The second kappa shape index (κ2) is 7.33. The lowest BCUT2D eigenvalue weighted by Gasteiger charge is -2.19. The van der Waals surface area contributed by atoms with E-state index in [1.807, 2.05) is 37.4 Å². The van der Waals surface area contributed by atoms with Crippen LogP contribution in [-0.4, -0.2) is 34.7 Å². The Kier molecular flexibility index (Phi) is 5.47. The third-order valence-corrected chi connectivity index (χ3v) is 3.59. The predicted octanol–water partition coefficient (Wildman–Crippen LogP) is 2.54. The summed E-state index contributed by atoms with van der Waals surface area (Å²) in [5, 5.41) is 8.20. The third-order valence-electron chi connectivity index (χ3n) is 3.59. The van der Waals surface area contributed by atoms with Gasteiger partial charge in [-0.3, -0.25) is 4.90 Å². The van der Waals surface area contributed by atoms with Crippen LogP contribution in [0.1, 0.15) is 26.2 Å². The molecule has 21 heavy (non-hydrogen) atoms. The van der Waals surface area contributed by atoms with Gasteiger partial charge in [-0.2, -0.15) is 0 Å². The van der Waals surface area contributed by atoms with E-state index in [1.165, 1.54) is 0 Å². The fourth-order valence-electron chi connectivity index (χ4n) is 2.03. The maximum atomic E-state index is 6.06. The fourth-order valence-corrected chi connectivity index (χ4v) is 2.03. The lowest BCUT2D eigenvalue weighted by atomic mass is 10.0. The molecule has 0 amide bonds. The molecule has 1 aromatic carbocycles. The van der Waals surface area contributed by atoms with Gasteiger partial charge in [-0.1, -0.05) is 32.0 Å². The monoisotopic (exact) mass is 288 g/mol. The Morgan fingerprint density at radius 2 is 1.90 bits per heavy atom. The highest BCUT2D eigenvalue weighted by Crippen LogP contribution is 2.17. The average molecular weight is 288 g/mol. The van der Waals surface area contributed by atoms with Gasteiger partial charge in [-0.15, -0.1) is 10.2 Å². The summed E-state index contributed by atoms with van der Waals surface area (Å²) < 4.78 is 5.70. The van der Waals surface area contributed by atoms with E-state index in [0.29, 0.717) is 24.2 Å². The zero-order chi connectivity index (χ0) is 15.2. The van der Waals surface area contributed by atoms with E-state index >= 15 is 0 Å². The molecule has 1 aromatic heterocycles. The number of hydrogen-bond donors (Lipinski definition) is 1. The summed E-state index contributed by atoms with van der Waals surface area (Å²) in [6.45, 7) is 5.86. The second-order valence-electron chi connectivity index (χ2n) is 5.80. The molecule has 2 N–H and O–H groups in total. The number of benzene rings is 1. The Bertz CT molecular complexity index is 538. The predicted molar refractivity (Wildman–Crippen MR) is 83.5 cm³/mol. The minimum Gasteiger partial charge on any atom is -0.419 e. The minimum absolute atomic E-state index is 0.231. The molecular weight excluding hydrogens is 264 g/mol. The average Bonchev–Trinajstić information content (AvgIpc) is 2.94. The first-order valence-corrected chi connectivity index (χ1v) is 7.38. The minimum atomic E-state index is 0.231. The highest BCUT2D eigenvalue weighted by molar-refractivity contribution is 5.51. The third kappa shape index (κ3) is 4.65. The normalized spacial score (nSPS) is 13.0. The summed E-state index contributed by atoms with van der Waals surface area (Å²) in [5.74, 6) is 1.71. The molecule has 5 heteroatoms. The van der Waals surface area contributed by atoms with Crippen molar-refractivity contribution in [2.75, 3.05) is 13.6 Å². The summed E-state index contributed by atoms with van der Waals surface area (Å²) in [6, 6.07) is 10.0. The van der Waals surface area contributed by atoms with E-state index in [9.17, 15) is 0 Å². The molecule has 114 valence electrons. The number of nitrogens with zero attached hydrogens (tertiary/aromatic N) is 3. The quantitative estimate of drug-likeness (QED) is 0.848. The van der Waals surface area contributed by atoms with Crippen molar-refractivity contribution in [3.63, 3.8) is 0 Å². The van der Waals surface area contributed by atoms with Crippen molar-refractivity contribution in [1.82, 2.24) is 15.1 Å². The fraction of sp³-hybridized carbons (Fsp3) is 0.500. The first-order chi connectivity index (χ1) is 10.1. The van der Waals surface area contributed by atoms with E-state index in [0.717, 1.165) is 18.5 Å². The van der Waals surface area contributed by atoms with Gasteiger partial charge in [0.25, 0.3) is 0 Å². The van der Waals surface area contributed by atoms with Crippen LogP contribution >= 0.6 is 0 Å². The van der Waals surface area contributed by atoms with Crippen LogP contribution in [0.2, 0.25) is 0 Å². The molecule has 0 aliphatic heterocycles. The second-order valence-corrected chi connectivity index (χ2v) is 5.80. The highest BCUT2D eigenvalue weighted by Gasteiger charge is 2.12. The molecule has 2 aromatic rings. The zero-order valence-corrected chi connectivity index (χ0v) is 13.0. The van der Waals surface area contributed by atoms with Crippen LogP contribution in [0.3, 0.4) is 0 Å². The standard InChI is InChI=1S/C16H24N4O/c1-12(2)14(17)9-10-20(3)11-15-18-19-16(21-15)13-7-5-4-6-8-13/h4-8,12,14H,9-11,17H2,1-3H3. The van der Waals surface area contributed by atoms with E-state index in [-0.39, 0.29) is 6.04 Å². The Morgan fingerprint density at radius 1 is 1.19 bits per heavy atom. The molecule has 0 fully saturated rings. The first kappa shape index (κ1) is 15.7. The topological polar surface area (TPSA) is 68.2 Å². The van der Waals surface area contributed by atoms with Gasteiger partial charge in [0, 0.05) is 11.6 Å². The first-order valence-electron chi connectivity index (χ1n) is 7.38. The molecule has 5 nitrogen and oxygen atoms in total. The Balaban J connectivity index is 1.88. The maximum absolute atomic E-state index is 6.06. The molecule has 0 aliphatic rings. The van der Waals surface area contributed by atoms with Crippen LogP contribution in [0.25, 0.3) is 11.5 Å². The Labute approximate surface area is 126 Å². The van der Waals surface area contributed by atoms with Gasteiger partial charge in [0.2, 0.25) is 11.8 Å². The molecule has 0 bridgehead atoms. The summed E-state index contributed by atoms with van der Waals surface area (Å²) in [4.78, 5) is 2.16. The molecule has 0 radical (unpaired) electrons. The summed E-state index contributed by atoms with van der Waals surface area (Å²) in [6.07, 6.45) is 0.966. The van der Waals surface area contributed by atoms with Crippen molar-refractivity contribution in [2.45, 2.75) is 32.9 Å². The number of aromatic nitrogens is 2. The highest BCUT2D eigenvalue weighted by atomic mass is 16.4. The molecule has 2 rings (SSSR count). The van der Waals surface area contributed by atoms with Gasteiger partial charge in [0.05, 0.1) is 6.54 Å². The van der Waals surface area contributed by atoms with Gasteiger partial charge in [0.1, 0.15) is 0 Å². The van der Waals surface area contributed by atoms with Crippen LogP contribution in [0.15, 0.2) is 34.7 Å². The van der Waals surface area contributed by atoms with Crippen LogP contribution in [0, 0.1) is 5.92 Å². The van der Waals surface area contributed by atoms with Crippen molar-refractivity contribution in [3.05, 3.63) is 36.2 Å². The van der Waals surface area contributed by atoms with E-state index in [4.69, 9.17) is 10.2 Å². The number of rotatable bonds is 7. The van der Waals surface area contributed by atoms with Gasteiger partial charge in [-0.05, 0) is 38.1 Å². The van der Waals surface area contributed by atoms with E-state index in [2.05, 4.69) is 28.9 Å². The summed E-state index contributed by atoms with van der Waals surface area (Å²) >= 11 is 0. The molecular formula is C16H24N4O. The van der Waals surface area contributed by atoms with Crippen molar-refractivity contribution in [1.29, 1.82) is 0 Å². The van der Waals surface area contributed by atoms with Crippen LogP contribution in [0.5, 0.6) is 0 Å². The molecule has 0 saturated heterocycles. The lowest BCUT2D eigenvalue weighted by Crippen LogP contribution is -2.31. The molecule has 1 atom stereocenters. The van der Waals surface area contributed by atoms with Gasteiger partial charge < -0.3 is 10.2 Å². The molecule has 0 saturated carbocycles. The van der Waals surface area contributed by atoms with E-state index in [1.54, 1.807) is 0 Å². The number of nitrogens with two attached hydrogens (primary N) is 1. The lowest BCUT2D eigenvalue weighted by molar-refractivity contribution is 0.269.